The molecule has 0 unspecified atom stereocenters. The highest BCUT2D eigenvalue weighted by Crippen LogP contribution is 2.11. The maximum absolute atomic E-state index is 11.6. The normalized spacial score (nSPS) is 9.80. The van der Waals surface area contributed by atoms with Crippen molar-refractivity contribution in [1.82, 2.24) is 4.98 Å². The monoisotopic (exact) mass is 272 g/mol. The summed E-state index contributed by atoms with van der Waals surface area (Å²) in [5, 5.41) is 11.1. The second kappa shape index (κ2) is 6.33. The van der Waals surface area contributed by atoms with Gasteiger partial charge in [-0.3, -0.25) is 15.1 Å². The third kappa shape index (κ3) is 4.09. The van der Waals surface area contributed by atoms with Crippen molar-refractivity contribution in [1.29, 1.82) is 0 Å². The number of amides is 1. The number of anilines is 1. The highest BCUT2D eigenvalue weighted by Gasteiger charge is 2.06. The van der Waals surface area contributed by atoms with Gasteiger partial charge in [0.1, 0.15) is 5.75 Å². The molecule has 0 aliphatic rings. The van der Waals surface area contributed by atoms with Crippen LogP contribution in [0, 0.1) is 0 Å². The quantitative estimate of drug-likeness (QED) is 0.891. The molecule has 2 rings (SSSR count). The fraction of sp³-hybridized carbons (Fsp3) is 0.0714. The van der Waals surface area contributed by atoms with Crippen molar-refractivity contribution in [2.75, 3.05) is 5.32 Å². The Balaban J connectivity index is 1.93. The van der Waals surface area contributed by atoms with Crippen molar-refractivity contribution >= 4 is 17.7 Å². The Morgan fingerprint density at radius 2 is 1.90 bits per heavy atom. The molecule has 0 aliphatic carbocycles. The second-order valence-corrected chi connectivity index (χ2v) is 3.94. The Labute approximate surface area is 115 Å². The summed E-state index contributed by atoms with van der Waals surface area (Å²) in [6, 6.07) is 11.7. The van der Waals surface area contributed by atoms with E-state index in [1.54, 1.807) is 30.3 Å². The van der Waals surface area contributed by atoms with Crippen LogP contribution >= 0.6 is 0 Å². The molecule has 1 heterocycles. The number of rotatable bonds is 4. The first-order chi connectivity index (χ1) is 9.63. The van der Waals surface area contributed by atoms with E-state index in [2.05, 4.69) is 10.3 Å². The minimum absolute atomic E-state index is 0.158. The SMILES string of the molecule is O=C(O)Cc1ccc(NC(=O)Oc2ccccc2)cn1. The van der Waals surface area contributed by atoms with Crippen LogP contribution in [0.4, 0.5) is 10.5 Å². The predicted octanol–water partition coefficient (Wildman–Crippen LogP) is 2.32. The van der Waals surface area contributed by atoms with E-state index in [9.17, 15) is 9.59 Å². The molecule has 0 bridgehead atoms. The van der Waals surface area contributed by atoms with E-state index < -0.39 is 12.1 Å². The van der Waals surface area contributed by atoms with Gasteiger partial charge in [0.05, 0.1) is 24.0 Å². The standard InChI is InChI=1S/C14H12N2O4/c17-13(18)8-10-6-7-11(9-15-10)16-14(19)20-12-4-2-1-3-5-12/h1-7,9H,8H2,(H,16,19)(H,17,18). The van der Waals surface area contributed by atoms with Gasteiger partial charge in [-0.05, 0) is 24.3 Å². The summed E-state index contributed by atoms with van der Waals surface area (Å²) in [6.45, 7) is 0. The van der Waals surface area contributed by atoms with E-state index in [4.69, 9.17) is 9.84 Å². The summed E-state index contributed by atoms with van der Waals surface area (Å²) in [5.74, 6) is -0.526. The molecule has 1 amide bonds. The number of carboxylic acids is 1. The van der Waals surface area contributed by atoms with Crippen LogP contribution < -0.4 is 10.1 Å². The lowest BCUT2D eigenvalue weighted by Gasteiger charge is -2.06. The number of nitrogens with zero attached hydrogens (tertiary/aromatic N) is 1. The number of nitrogens with one attached hydrogen (secondary N) is 1. The molecular formula is C14H12N2O4. The number of hydrogen-bond acceptors (Lipinski definition) is 4. The molecule has 1 aromatic heterocycles. The average Bonchev–Trinajstić information content (AvgIpc) is 2.41. The zero-order valence-corrected chi connectivity index (χ0v) is 10.4. The lowest BCUT2D eigenvalue weighted by molar-refractivity contribution is -0.136. The number of para-hydroxylation sites is 1. The zero-order valence-electron chi connectivity index (χ0n) is 10.4. The zero-order chi connectivity index (χ0) is 14.4. The molecule has 2 aromatic rings. The van der Waals surface area contributed by atoms with Gasteiger partial charge in [0, 0.05) is 0 Å². The molecule has 1 aromatic carbocycles. The van der Waals surface area contributed by atoms with Crippen LogP contribution in [0.15, 0.2) is 48.7 Å². The van der Waals surface area contributed by atoms with E-state index in [1.807, 2.05) is 6.07 Å². The highest BCUT2D eigenvalue weighted by atomic mass is 16.6. The molecule has 0 atom stereocenters. The van der Waals surface area contributed by atoms with Crippen LogP contribution in [0.25, 0.3) is 0 Å². The molecule has 20 heavy (non-hydrogen) atoms. The number of aromatic nitrogens is 1. The molecule has 0 fully saturated rings. The van der Waals surface area contributed by atoms with E-state index in [0.29, 0.717) is 17.1 Å². The Morgan fingerprint density at radius 3 is 2.50 bits per heavy atom. The molecule has 0 radical (unpaired) electrons. The van der Waals surface area contributed by atoms with Crippen molar-refractivity contribution < 1.29 is 19.4 Å². The third-order valence-corrected chi connectivity index (χ3v) is 2.36. The first kappa shape index (κ1) is 13.5. The summed E-state index contributed by atoms with van der Waals surface area (Å²) in [7, 11) is 0. The fourth-order valence-electron chi connectivity index (χ4n) is 1.50. The summed E-state index contributed by atoms with van der Waals surface area (Å²) in [5.41, 5.74) is 0.847. The van der Waals surface area contributed by atoms with Crippen LogP contribution in [0.2, 0.25) is 0 Å². The van der Waals surface area contributed by atoms with E-state index in [-0.39, 0.29) is 6.42 Å². The van der Waals surface area contributed by atoms with Gasteiger partial charge in [0.2, 0.25) is 0 Å². The van der Waals surface area contributed by atoms with E-state index >= 15 is 0 Å². The van der Waals surface area contributed by atoms with E-state index in [1.165, 1.54) is 12.3 Å². The topological polar surface area (TPSA) is 88.5 Å². The molecule has 6 heteroatoms. The molecule has 0 saturated carbocycles. The van der Waals surface area contributed by atoms with Gasteiger partial charge in [0.15, 0.2) is 0 Å². The molecule has 102 valence electrons. The van der Waals surface area contributed by atoms with Gasteiger partial charge >= 0.3 is 12.1 Å². The van der Waals surface area contributed by atoms with Crippen molar-refractivity contribution in [2.45, 2.75) is 6.42 Å². The fourth-order valence-corrected chi connectivity index (χ4v) is 1.50. The smallest absolute Gasteiger partial charge is 0.417 e. The van der Waals surface area contributed by atoms with Crippen LogP contribution in [0.1, 0.15) is 5.69 Å². The molecular weight excluding hydrogens is 260 g/mol. The van der Waals surface area contributed by atoms with Crippen LogP contribution in [0.3, 0.4) is 0 Å². The predicted molar refractivity (Wildman–Crippen MR) is 71.7 cm³/mol. The minimum atomic E-state index is -0.957. The largest absolute Gasteiger partial charge is 0.481 e. The lowest BCUT2D eigenvalue weighted by atomic mass is 10.2. The molecule has 0 saturated heterocycles. The number of aliphatic carboxylic acids is 1. The van der Waals surface area contributed by atoms with Crippen molar-refractivity contribution in [3.05, 3.63) is 54.4 Å². The van der Waals surface area contributed by atoms with Crippen molar-refractivity contribution in [3.63, 3.8) is 0 Å². The maximum atomic E-state index is 11.6. The van der Waals surface area contributed by atoms with Crippen LogP contribution in [-0.4, -0.2) is 22.2 Å². The van der Waals surface area contributed by atoms with Crippen LogP contribution in [0.5, 0.6) is 5.75 Å². The van der Waals surface area contributed by atoms with Gasteiger partial charge in [-0.25, -0.2) is 4.79 Å². The minimum Gasteiger partial charge on any atom is -0.481 e. The van der Waals surface area contributed by atoms with Crippen LogP contribution in [-0.2, 0) is 11.2 Å². The summed E-state index contributed by atoms with van der Waals surface area (Å²) < 4.78 is 5.04. The molecule has 2 N–H and O–H groups in total. The number of pyridine rings is 1. The first-order valence-electron chi connectivity index (χ1n) is 5.84. The second-order valence-electron chi connectivity index (χ2n) is 3.94. The number of carbonyl (C=O) groups excluding carboxylic acids is 1. The average molecular weight is 272 g/mol. The Morgan fingerprint density at radius 1 is 1.15 bits per heavy atom. The summed E-state index contributed by atoms with van der Waals surface area (Å²) >= 11 is 0. The highest BCUT2D eigenvalue weighted by molar-refractivity contribution is 5.86. The number of benzene rings is 1. The maximum Gasteiger partial charge on any atom is 0.417 e. The van der Waals surface area contributed by atoms with Gasteiger partial charge in [-0.1, -0.05) is 18.2 Å². The van der Waals surface area contributed by atoms with Gasteiger partial charge < -0.3 is 9.84 Å². The summed E-state index contributed by atoms with van der Waals surface area (Å²) in [4.78, 5) is 26.0. The molecule has 0 spiro atoms. The Bertz CT molecular complexity index is 596. The Kier molecular flexibility index (Phi) is 4.28. The third-order valence-electron chi connectivity index (χ3n) is 2.36. The lowest BCUT2D eigenvalue weighted by Crippen LogP contribution is -2.16. The molecule has 6 nitrogen and oxygen atoms in total. The first-order valence-corrected chi connectivity index (χ1v) is 5.84. The Hall–Kier alpha value is -2.89. The van der Waals surface area contributed by atoms with Gasteiger partial charge in [0.25, 0.3) is 0 Å². The number of ether oxygens (including phenoxy) is 1. The molecule has 0 aliphatic heterocycles. The summed E-state index contributed by atoms with van der Waals surface area (Å²) in [6.07, 6.45) is 0.586. The number of carbonyl (C=O) groups is 2. The number of hydrogen-bond donors (Lipinski definition) is 2. The van der Waals surface area contributed by atoms with Crippen molar-refractivity contribution in [3.8, 4) is 5.75 Å². The number of carboxylic acid groups (broad SMARTS) is 1. The van der Waals surface area contributed by atoms with Gasteiger partial charge in [-0.15, -0.1) is 0 Å². The van der Waals surface area contributed by atoms with E-state index in [0.717, 1.165) is 0 Å². The van der Waals surface area contributed by atoms with Gasteiger partial charge in [-0.2, -0.15) is 0 Å². The van der Waals surface area contributed by atoms with Crippen molar-refractivity contribution in [2.24, 2.45) is 0 Å².